The molecule has 0 radical (unpaired) electrons. The molecule has 3 nitrogen and oxygen atoms in total. The highest BCUT2D eigenvalue weighted by atomic mass is 35.6. The lowest BCUT2D eigenvalue weighted by Crippen LogP contribution is -2.53. The molecular weight excluding hydrogens is 369 g/mol. The highest BCUT2D eigenvalue weighted by Gasteiger charge is 2.66. The van der Waals surface area contributed by atoms with E-state index in [1.165, 1.54) is 17.5 Å². The van der Waals surface area contributed by atoms with E-state index in [0.29, 0.717) is 6.54 Å². The first-order valence-electron chi connectivity index (χ1n) is 8.48. The molecule has 0 spiro atoms. The fourth-order valence-electron chi connectivity index (χ4n) is 5.39. The van der Waals surface area contributed by atoms with Crippen LogP contribution in [-0.4, -0.2) is 27.9 Å². The number of carbonyl (C=O) groups is 1. The standard InChI is InChI=1S/C18H20Cl3NO2/c19-18(20,21)12-24-15(23)22-10-9-16-7-3-4-8-17(16,22)14-6-2-1-5-13(14)11-16/h1-2,5-6H,3-4,7-12H2. The van der Waals surface area contributed by atoms with Gasteiger partial charge in [-0.3, -0.25) is 4.90 Å². The van der Waals surface area contributed by atoms with Gasteiger partial charge < -0.3 is 4.74 Å². The molecule has 1 heterocycles. The van der Waals surface area contributed by atoms with E-state index in [4.69, 9.17) is 39.5 Å². The van der Waals surface area contributed by atoms with Gasteiger partial charge in [-0.2, -0.15) is 0 Å². The molecule has 1 saturated carbocycles. The summed E-state index contributed by atoms with van der Waals surface area (Å²) in [6, 6.07) is 8.54. The normalized spacial score (nSPS) is 31.4. The number of alkyl halides is 3. The zero-order valence-electron chi connectivity index (χ0n) is 13.4. The summed E-state index contributed by atoms with van der Waals surface area (Å²) < 4.78 is 3.77. The number of hydrogen-bond donors (Lipinski definition) is 0. The lowest BCUT2D eigenvalue weighted by atomic mass is 9.62. The van der Waals surface area contributed by atoms with Crippen LogP contribution < -0.4 is 0 Å². The Bertz CT molecular complexity index is 674. The summed E-state index contributed by atoms with van der Waals surface area (Å²) in [6.45, 7) is 0.491. The van der Waals surface area contributed by atoms with Crippen LogP contribution in [0.25, 0.3) is 0 Å². The Morgan fingerprint density at radius 1 is 1.17 bits per heavy atom. The lowest BCUT2D eigenvalue weighted by molar-refractivity contribution is 0.000824. The summed E-state index contributed by atoms with van der Waals surface area (Å²) in [7, 11) is 0. The minimum atomic E-state index is -1.58. The zero-order chi connectivity index (χ0) is 17.0. The van der Waals surface area contributed by atoms with Crippen LogP contribution in [0.3, 0.4) is 0 Å². The molecule has 1 amide bonds. The van der Waals surface area contributed by atoms with Crippen molar-refractivity contribution in [2.45, 2.75) is 47.9 Å². The summed E-state index contributed by atoms with van der Waals surface area (Å²) >= 11 is 17.2. The Morgan fingerprint density at radius 3 is 2.71 bits per heavy atom. The molecule has 3 aliphatic rings. The number of hydrogen-bond acceptors (Lipinski definition) is 2. The molecule has 6 heteroatoms. The molecule has 2 aliphatic carbocycles. The largest absolute Gasteiger partial charge is 0.445 e. The molecule has 2 fully saturated rings. The first-order chi connectivity index (χ1) is 11.4. The molecule has 0 N–H and O–H groups in total. The van der Waals surface area contributed by atoms with Crippen molar-refractivity contribution >= 4 is 40.9 Å². The SMILES string of the molecule is O=C(OCC(Cl)(Cl)Cl)N1CCC23CCCCC12c1ccccc1C3. The zero-order valence-corrected chi connectivity index (χ0v) is 15.6. The predicted octanol–water partition coefficient (Wildman–Crippen LogP) is 5.21. The van der Waals surface area contributed by atoms with E-state index in [0.717, 1.165) is 32.1 Å². The van der Waals surface area contributed by atoms with E-state index in [9.17, 15) is 4.79 Å². The van der Waals surface area contributed by atoms with Gasteiger partial charge in [-0.25, -0.2) is 4.79 Å². The van der Waals surface area contributed by atoms with Gasteiger partial charge >= 0.3 is 6.09 Å². The summed E-state index contributed by atoms with van der Waals surface area (Å²) in [4.78, 5) is 14.7. The third kappa shape index (κ3) is 2.35. The number of nitrogens with zero attached hydrogens (tertiary/aromatic N) is 1. The third-order valence-corrected chi connectivity index (χ3v) is 6.49. The highest BCUT2D eigenvalue weighted by Crippen LogP contribution is 2.66. The Kier molecular flexibility index (Phi) is 3.98. The number of fused-ring (bicyclic) bond motifs is 1. The molecule has 0 aromatic heterocycles. The number of likely N-dealkylation sites (tertiary alicyclic amines) is 1. The monoisotopic (exact) mass is 387 g/mol. The average Bonchev–Trinajstić information content (AvgIpc) is 3.02. The van der Waals surface area contributed by atoms with Crippen molar-refractivity contribution < 1.29 is 9.53 Å². The predicted molar refractivity (Wildman–Crippen MR) is 95.7 cm³/mol. The minimum Gasteiger partial charge on any atom is -0.445 e. The van der Waals surface area contributed by atoms with Crippen molar-refractivity contribution in [2.75, 3.05) is 13.2 Å². The number of rotatable bonds is 1. The summed E-state index contributed by atoms with van der Waals surface area (Å²) in [6.07, 6.45) is 6.23. The van der Waals surface area contributed by atoms with E-state index >= 15 is 0 Å². The van der Waals surface area contributed by atoms with Crippen molar-refractivity contribution in [3.8, 4) is 0 Å². The molecule has 0 bridgehead atoms. The highest BCUT2D eigenvalue weighted by molar-refractivity contribution is 6.67. The maximum atomic E-state index is 12.8. The van der Waals surface area contributed by atoms with Crippen LogP contribution >= 0.6 is 34.8 Å². The Hall–Kier alpha value is -0.640. The number of benzene rings is 1. The van der Waals surface area contributed by atoms with Crippen LogP contribution in [0.4, 0.5) is 4.79 Å². The summed E-state index contributed by atoms with van der Waals surface area (Å²) in [5.41, 5.74) is 2.58. The summed E-state index contributed by atoms with van der Waals surface area (Å²) in [5, 5.41) is 0. The molecule has 4 rings (SSSR count). The van der Waals surface area contributed by atoms with Crippen LogP contribution in [0.2, 0.25) is 0 Å². The van der Waals surface area contributed by atoms with Gasteiger partial charge in [0, 0.05) is 12.0 Å². The van der Waals surface area contributed by atoms with Crippen molar-refractivity contribution in [3.05, 3.63) is 35.4 Å². The van der Waals surface area contributed by atoms with Gasteiger partial charge in [0.25, 0.3) is 0 Å². The quantitative estimate of drug-likeness (QED) is 0.618. The Morgan fingerprint density at radius 2 is 1.92 bits per heavy atom. The minimum absolute atomic E-state index is 0.147. The van der Waals surface area contributed by atoms with Gasteiger partial charge in [0.1, 0.15) is 6.61 Å². The van der Waals surface area contributed by atoms with Crippen molar-refractivity contribution in [1.29, 1.82) is 0 Å². The summed E-state index contributed by atoms with van der Waals surface area (Å²) in [5.74, 6) is 0. The molecular formula is C18H20Cl3NO2. The van der Waals surface area contributed by atoms with Crippen LogP contribution in [0.5, 0.6) is 0 Å². The number of carbonyl (C=O) groups excluding carboxylic acids is 1. The van der Waals surface area contributed by atoms with Crippen molar-refractivity contribution in [3.63, 3.8) is 0 Å². The molecule has 1 aliphatic heterocycles. The fourth-order valence-corrected chi connectivity index (χ4v) is 5.55. The molecule has 1 aromatic carbocycles. The van der Waals surface area contributed by atoms with E-state index in [1.807, 2.05) is 4.90 Å². The Labute approximate surface area is 157 Å². The van der Waals surface area contributed by atoms with Gasteiger partial charge in [-0.05, 0) is 36.8 Å². The second-order valence-corrected chi connectivity index (χ2v) is 9.77. The topological polar surface area (TPSA) is 29.5 Å². The van der Waals surface area contributed by atoms with E-state index in [-0.39, 0.29) is 23.7 Å². The molecule has 2 atom stereocenters. The lowest BCUT2D eigenvalue weighted by Gasteiger charge is -2.48. The van der Waals surface area contributed by atoms with Gasteiger partial charge in [0.05, 0.1) is 5.54 Å². The van der Waals surface area contributed by atoms with Crippen LogP contribution in [0.15, 0.2) is 24.3 Å². The molecule has 1 saturated heterocycles. The molecule has 2 unspecified atom stereocenters. The number of ether oxygens (including phenoxy) is 1. The second kappa shape index (κ2) is 5.69. The maximum absolute atomic E-state index is 12.8. The van der Waals surface area contributed by atoms with Gasteiger partial charge in [0.15, 0.2) is 0 Å². The van der Waals surface area contributed by atoms with Crippen LogP contribution in [0.1, 0.15) is 43.2 Å². The molecule has 130 valence electrons. The third-order valence-electron chi connectivity index (χ3n) is 6.17. The number of halogens is 3. The van der Waals surface area contributed by atoms with Gasteiger partial charge in [-0.1, -0.05) is 71.9 Å². The van der Waals surface area contributed by atoms with Gasteiger partial charge in [-0.15, -0.1) is 0 Å². The smallest absolute Gasteiger partial charge is 0.410 e. The van der Waals surface area contributed by atoms with E-state index in [2.05, 4.69) is 24.3 Å². The number of amides is 1. The van der Waals surface area contributed by atoms with Crippen molar-refractivity contribution in [2.24, 2.45) is 5.41 Å². The average molecular weight is 389 g/mol. The first-order valence-corrected chi connectivity index (χ1v) is 9.61. The maximum Gasteiger partial charge on any atom is 0.410 e. The van der Waals surface area contributed by atoms with E-state index < -0.39 is 3.79 Å². The van der Waals surface area contributed by atoms with E-state index in [1.54, 1.807) is 0 Å². The second-order valence-electron chi connectivity index (χ2n) is 7.25. The van der Waals surface area contributed by atoms with Crippen LogP contribution in [0, 0.1) is 5.41 Å². The van der Waals surface area contributed by atoms with Gasteiger partial charge in [0.2, 0.25) is 3.79 Å². The van der Waals surface area contributed by atoms with Crippen LogP contribution in [-0.2, 0) is 16.7 Å². The van der Waals surface area contributed by atoms with Crippen molar-refractivity contribution in [1.82, 2.24) is 4.90 Å². The molecule has 1 aromatic rings. The Balaban J connectivity index is 1.71. The first kappa shape index (κ1) is 16.8. The fraction of sp³-hybridized carbons (Fsp3) is 0.611. The molecule has 24 heavy (non-hydrogen) atoms.